The van der Waals surface area contributed by atoms with Crippen LogP contribution < -0.4 is 5.46 Å². The van der Waals surface area contributed by atoms with Gasteiger partial charge in [-0.05, 0) is 45.0 Å². The molecular formula is C14H21BN2O3. The van der Waals surface area contributed by atoms with E-state index in [0.29, 0.717) is 17.6 Å². The van der Waals surface area contributed by atoms with Crippen molar-refractivity contribution < 1.29 is 14.8 Å². The lowest BCUT2D eigenvalue weighted by Gasteiger charge is -2.32. The highest BCUT2D eigenvalue weighted by Gasteiger charge is 2.37. The summed E-state index contributed by atoms with van der Waals surface area (Å²) in [5.41, 5.74) is 0.841. The van der Waals surface area contributed by atoms with E-state index in [1.54, 1.807) is 24.3 Å². The van der Waals surface area contributed by atoms with Crippen LogP contribution in [0.2, 0.25) is 0 Å². The molecule has 6 heteroatoms. The first-order valence-corrected chi connectivity index (χ1v) is 6.76. The van der Waals surface area contributed by atoms with Crippen molar-refractivity contribution in [3.05, 3.63) is 29.8 Å². The molecule has 2 N–H and O–H groups in total. The topological polar surface area (TPSA) is 64.0 Å². The standard InChI is InChI=1S/C14H21BN2O3/c1-14(16(2)3)7-8-17(10-14)13(18)11-5-4-6-12(9-11)15(19)20/h4-6,9,19-20H,7-8,10H2,1-3H3. The minimum absolute atomic E-state index is 0.00373. The van der Waals surface area contributed by atoms with Crippen LogP contribution in [-0.2, 0) is 0 Å². The number of rotatable bonds is 3. The second kappa shape index (κ2) is 5.56. The summed E-state index contributed by atoms with van der Waals surface area (Å²) in [6.45, 7) is 3.55. The number of nitrogens with zero attached hydrogens (tertiary/aromatic N) is 2. The van der Waals surface area contributed by atoms with Crippen molar-refractivity contribution in [2.45, 2.75) is 18.9 Å². The molecule has 0 bridgehead atoms. The molecule has 1 unspecified atom stereocenters. The van der Waals surface area contributed by atoms with E-state index >= 15 is 0 Å². The predicted molar refractivity (Wildman–Crippen MR) is 78.9 cm³/mol. The van der Waals surface area contributed by atoms with Gasteiger partial charge < -0.3 is 19.8 Å². The van der Waals surface area contributed by atoms with Crippen LogP contribution in [0.5, 0.6) is 0 Å². The van der Waals surface area contributed by atoms with Gasteiger partial charge in [-0.25, -0.2) is 0 Å². The van der Waals surface area contributed by atoms with Crippen molar-refractivity contribution in [1.29, 1.82) is 0 Å². The summed E-state index contributed by atoms with van der Waals surface area (Å²) in [4.78, 5) is 16.4. The fourth-order valence-corrected chi connectivity index (χ4v) is 2.50. The molecule has 0 aliphatic carbocycles. The van der Waals surface area contributed by atoms with Crippen molar-refractivity contribution in [1.82, 2.24) is 9.80 Å². The predicted octanol–water partition coefficient (Wildman–Crippen LogP) is -0.467. The largest absolute Gasteiger partial charge is 0.488 e. The average Bonchev–Trinajstić information content (AvgIpc) is 2.82. The van der Waals surface area contributed by atoms with E-state index in [1.165, 1.54) is 0 Å². The van der Waals surface area contributed by atoms with E-state index in [1.807, 2.05) is 19.0 Å². The molecule has 1 atom stereocenters. The van der Waals surface area contributed by atoms with E-state index in [2.05, 4.69) is 11.8 Å². The van der Waals surface area contributed by atoms with E-state index in [9.17, 15) is 14.8 Å². The molecule has 1 heterocycles. The smallest absolute Gasteiger partial charge is 0.423 e. The quantitative estimate of drug-likeness (QED) is 0.733. The van der Waals surface area contributed by atoms with E-state index in [4.69, 9.17) is 0 Å². The zero-order valence-electron chi connectivity index (χ0n) is 12.2. The summed E-state index contributed by atoms with van der Waals surface area (Å²) in [7, 11) is 2.50. The summed E-state index contributed by atoms with van der Waals surface area (Å²) in [5, 5.41) is 18.4. The van der Waals surface area contributed by atoms with Crippen LogP contribution in [0.3, 0.4) is 0 Å². The number of carbonyl (C=O) groups excluding carboxylic acids is 1. The lowest BCUT2D eigenvalue weighted by Crippen LogP contribution is -2.44. The molecule has 0 saturated carbocycles. The minimum Gasteiger partial charge on any atom is -0.423 e. The first-order chi connectivity index (χ1) is 9.33. The molecule has 1 aliphatic heterocycles. The SMILES string of the molecule is CN(C)C1(C)CCN(C(=O)c2cccc(B(O)O)c2)C1. The Kier molecular flexibility index (Phi) is 4.18. The molecule has 0 aromatic heterocycles. The van der Waals surface area contributed by atoms with Gasteiger partial charge in [-0.3, -0.25) is 4.79 Å². The van der Waals surface area contributed by atoms with Gasteiger partial charge in [0.25, 0.3) is 5.91 Å². The Labute approximate surface area is 120 Å². The summed E-state index contributed by atoms with van der Waals surface area (Å²) >= 11 is 0. The molecule has 0 spiro atoms. The monoisotopic (exact) mass is 276 g/mol. The number of benzene rings is 1. The van der Waals surface area contributed by atoms with Gasteiger partial charge in [-0.1, -0.05) is 12.1 Å². The van der Waals surface area contributed by atoms with Crippen LogP contribution in [0.15, 0.2) is 24.3 Å². The van der Waals surface area contributed by atoms with Gasteiger partial charge in [0.15, 0.2) is 0 Å². The molecule has 5 nitrogen and oxygen atoms in total. The van der Waals surface area contributed by atoms with Crippen LogP contribution in [0.1, 0.15) is 23.7 Å². The molecule has 1 fully saturated rings. The van der Waals surface area contributed by atoms with E-state index < -0.39 is 7.12 Å². The lowest BCUT2D eigenvalue weighted by atomic mass is 9.79. The molecule has 1 aromatic carbocycles. The summed E-state index contributed by atoms with van der Waals surface area (Å²) < 4.78 is 0. The fourth-order valence-electron chi connectivity index (χ4n) is 2.50. The zero-order chi connectivity index (χ0) is 14.9. The normalized spacial score (nSPS) is 22.4. The molecule has 1 amide bonds. The van der Waals surface area contributed by atoms with E-state index in [-0.39, 0.29) is 11.4 Å². The van der Waals surface area contributed by atoms with Crippen LogP contribution in [0.25, 0.3) is 0 Å². The Morgan fingerprint density at radius 1 is 1.40 bits per heavy atom. The van der Waals surface area contributed by atoms with Crippen LogP contribution in [0.4, 0.5) is 0 Å². The zero-order valence-corrected chi connectivity index (χ0v) is 12.2. The Morgan fingerprint density at radius 3 is 2.65 bits per heavy atom. The summed E-state index contributed by atoms with van der Waals surface area (Å²) in [6.07, 6.45) is 0.939. The van der Waals surface area contributed by atoms with Crippen molar-refractivity contribution in [2.75, 3.05) is 27.2 Å². The van der Waals surface area contributed by atoms with Gasteiger partial charge in [-0.15, -0.1) is 0 Å². The van der Waals surface area contributed by atoms with Crippen LogP contribution in [-0.4, -0.2) is 65.6 Å². The lowest BCUT2D eigenvalue weighted by molar-refractivity contribution is 0.0760. The van der Waals surface area contributed by atoms with Gasteiger partial charge in [0, 0.05) is 24.2 Å². The molecule has 1 aromatic rings. The van der Waals surface area contributed by atoms with Gasteiger partial charge in [0.2, 0.25) is 0 Å². The summed E-state index contributed by atoms with van der Waals surface area (Å²) in [5.74, 6) is -0.0573. The maximum Gasteiger partial charge on any atom is 0.488 e. The first kappa shape index (κ1) is 15.0. The number of hydrogen-bond acceptors (Lipinski definition) is 4. The molecule has 108 valence electrons. The Balaban J connectivity index is 2.15. The molecule has 0 radical (unpaired) electrons. The van der Waals surface area contributed by atoms with Crippen LogP contribution in [0, 0.1) is 0 Å². The Morgan fingerprint density at radius 2 is 2.10 bits per heavy atom. The van der Waals surface area contributed by atoms with Crippen molar-refractivity contribution in [3.8, 4) is 0 Å². The Bertz CT molecular complexity index is 507. The van der Waals surface area contributed by atoms with Crippen LogP contribution >= 0.6 is 0 Å². The number of carbonyl (C=O) groups is 1. The fraction of sp³-hybridized carbons (Fsp3) is 0.500. The third-order valence-corrected chi connectivity index (χ3v) is 4.25. The van der Waals surface area contributed by atoms with Crippen molar-refractivity contribution in [3.63, 3.8) is 0 Å². The third kappa shape index (κ3) is 2.87. The Hall–Kier alpha value is -1.37. The number of hydrogen-bond donors (Lipinski definition) is 2. The summed E-state index contributed by atoms with van der Waals surface area (Å²) in [6, 6.07) is 6.51. The maximum atomic E-state index is 12.5. The highest BCUT2D eigenvalue weighted by Crippen LogP contribution is 2.26. The molecule has 2 rings (SSSR count). The highest BCUT2D eigenvalue weighted by molar-refractivity contribution is 6.58. The first-order valence-electron chi connectivity index (χ1n) is 6.76. The van der Waals surface area contributed by atoms with Gasteiger partial charge in [0.05, 0.1) is 0 Å². The number of amides is 1. The number of likely N-dealkylation sites (tertiary alicyclic amines) is 1. The van der Waals surface area contributed by atoms with Crippen molar-refractivity contribution in [2.24, 2.45) is 0 Å². The van der Waals surface area contributed by atoms with Gasteiger partial charge >= 0.3 is 7.12 Å². The molecule has 20 heavy (non-hydrogen) atoms. The van der Waals surface area contributed by atoms with Gasteiger partial charge in [-0.2, -0.15) is 0 Å². The second-order valence-electron chi connectivity index (χ2n) is 5.87. The molecule has 1 saturated heterocycles. The van der Waals surface area contributed by atoms with Gasteiger partial charge in [0.1, 0.15) is 0 Å². The van der Waals surface area contributed by atoms with Crippen molar-refractivity contribution >= 4 is 18.5 Å². The second-order valence-corrected chi connectivity index (χ2v) is 5.87. The average molecular weight is 276 g/mol. The molecule has 1 aliphatic rings. The third-order valence-electron chi connectivity index (χ3n) is 4.25. The minimum atomic E-state index is -1.55. The highest BCUT2D eigenvalue weighted by atomic mass is 16.4. The number of likely N-dealkylation sites (N-methyl/N-ethyl adjacent to an activating group) is 1. The van der Waals surface area contributed by atoms with E-state index in [0.717, 1.165) is 13.0 Å². The maximum absolute atomic E-state index is 12.5. The molecular weight excluding hydrogens is 255 g/mol.